The molecule has 0 aliphatic carbocycles. The van der Waals surface area contributed by atoms with Crippen LogP contribution in [0.25, 0.3) is 0 Å². The van der Waals surface area contributed by atoms with Crippen LogP contribution in [0.2, 0.25) is 5.02 Å². The fraction of sp³-hybridized carbons (Fsp3) is 0.750. The summed E-state index contributed by atoms with van der Waals surface area (Å²) >= 11 is 9.75. The summed E-state index contributed by atoms with van der Waals surface area (Å²) in [6.45, 7) is 8.31. The molecule has 1 rings (SSSR count). The Balaban J connectivity index is 2.78. The summed E-state index contributed by atoms with van der Waals surface area (Å²) in [5.41, 5.74) is 2.01. The van der Waals surface area contributed by atoms with Gasteiger partial charge in [-0.3, -0.25) is 9.58 Å². The number of hydrogen-bond donors (Lipinski definition) is 0. The van der Waals surface area contributed by atoms with E-state index in [-0.39, 0.29) is 0 Å². The van der Waals surface area contributed by atoms with Crippen molar-refractivity contribution in [3.8, 4) is 0 Å². The van der Waals surface area contributed by atoms with Crippen molar-refractivity contribution in [2.45, 2.75) is 39.8 Å². The summed E-state index contributed by atoms with van der Waals surface area (Å²) in [4.78, 5) is 2.42. The number of nitrogens with zero attached hydrogens (tertiary/aromatic N) is 3. The van der Waals surface area contributed by atoms with Gasteiger partial charge in [0.05, 0.1) is 16.4 Å². The van der Waals surface area contributed by atoms with E-state index in [9.17, 15) is 0 Å². The predicted molar refractivity (Wildman–Crippen MR) is 76.9 cm³/mol. The number of hydrogen-bond acceptors (Lipinski definition) is 2. The van der Waals surface area contributed by atoms with Gasteiger partial charge in [-0.1, -0.05) is 27.5 Å². The van der Waals surface area contributed by atoms with Crippen LogP contribution in [0, 0.1) is 6.92 Å². The Morgan fingerprint density at radius 2 is 2.12 bits per heavy atom. The Kier molecular flexibility index (Phi) is 5.97. The molecule has 0 radical (unpaired) electrons. The van der Waals surface area contributed by atoms with Crippen LogP contribution in [0.15, 0.2) is 0 Å². The normalized spacial score (nSPS) is 11.8. The summed E-state index contributed by atoms with van der Waals surface area (Å²) in [6.07, 6.45) is 1.15. The van der Waals surface area contributed by atoms with Gasteiger partial charge in [-0.15, -0.1) is 0 Å². The smallest absolute Gasteiger partial charge is 0.0860 e. The SMILES string of the molecule is Cc1nn(C)c(CN(CCCBr)C(C)C)c1Cl. The first-order chi connectivity index (χ1) is 7.97. The zero-order valence-electron chi connectivity index (χ0n) is 11.0. The average Bonchev–Trinajstić information content (AvgIpc) is 2.49. The maximum atomic E-state index is 6.28. The standard InChI is InChI=1S/C12H21BrClN3/c1-9(2)17(7-5-6-13)8-11-12(14)10(3)15-16(11)4/h9H,5-8H2,1-4H3. The predicted octanol–water partition coefficient (Wildman–Crippen LogP) is 3.38. The van der Waals surface area contributed by atoms with E-state index in [1.807, 2.05) is 18.7 Å². The van der Waals surface area contributed by atoms with Gasteiger partial charge in [0.2, 0.25) is 0 Å². The second-order valence-electron chi connectivity index (χ2n) is 4.58. The Hall–Kier alpha value is -0.0600. The van der Waals surface area contributed by atoms with Crippen LogP contribution in [0.4, 0.5) is 0 Å². The van der Waals surface area contributed by atoms with Crippen LogP contribution in [0.5, 0.6) is 0 Å². The molecule has 0 aliphatic heterocycles. The summed E-state index contributed by atoms with van der Waals surface area (Å²) in [7, 11) is 1.96. The highest BCUT2D eigenvalue weighted by atomic mass is 79.9. The lowest BCUT2D eigenvalue weighted by molar-refractivity contribution is 0.209. The first kappa shape index (κ1) is 15.0. The van der Waals surface area contributed by atoms with E-state index in [4.69, 9.17) is 11.6 Å². The lowest BCUT2D eigenvalue weighted by Gasteiger charge is -2.26. The molecule has 1 aromatic rings. The quantitative estimate of drug-likeness (QED) is 0.749. The van der Waals surface area contributed by atoms with Gasteiger partial charge in [0.15, 0.2) is 0 Å². The number of aryl methyl sites for hydroxylation is 2. The van der Waals surface area contributed by atoms with Gasteiger partial charge in [-0.25, -0.2) is 0 Å². The molecule has 0 N–H and O–H groups in total. The van der Waals surface area contributed by atoms with Crippen LogP contribution in [-0.2, 0) is 13.6 Å². The van der Waals surface area contributed by atoms with Gasteiger partial charge in [0, 0.05) is 25.0 Å². The molecule has 0 aromatic carbocycles. The summed E-state index contributed by atoms with van der Waals surface area (Å²) in [6, 6.07) is 0.514. The van der Waals surface area contributed by atoms with Crippen LogP contribution < -0.4 is 0 Å². The van der Waals surface area contributed by atoms with Crippen molar-refractivity contribution >= 4 is 27.5 Å². The van der Waals surface area contributed by atoms with Gasteiger partial charge in [-0.05, 0) is 33.7 Å². The maximum absolute atomic E-state index is 6.28. The number of alkyl halides is 1. The van der Waals surface area contributed by atoms with Gasteiger partial charge in [0.1, 0.15) is 0 Å². The second kappa shape index (κ2) is 6.76. The molecule has 1 aromatic heterocycles. The highest BCUT2D eigenvalue weighted by Gasteiger charge is 2.16. The molecule has 98 valence electrons. The molecule has 5 heteroatoms. The van der Waals surface area contributed by atoms with E-state index < -0.39 is 0 Å². The summed E-state index contributed by atoms with van der Waals surface area (Å²) < 4.78 is 1.89. The topological polar surface area (TPSA) is 21.1 Å². The molecule has 0 atom stereocenters. The zero-order chi connectivity index (χ0) is 13.0. The monoisotopic (exact) mass is 321 g/mol. The molecule has 0 unspecified atom stereocenters. The van der Waals surface area contributed by atoms with Gasteiger partial charge in [-0.2, -0.15) is 5.10 Å². The second-order valence-corrected chi connectivity index (χ2v) is 5.75. The van der Waals surface area contributed by atoms with Gasteiger partial charge < -0.3 is 0 Å². The minimum Gasteiger partial charge on any atom is -0.295 e. The Bertz CT molecular complexity index is 363. The molecule has 1 heterocycles. The summed E-state index contributed by atoms with van der Waals surface area (Å²) in [5.74, 6) is 0. The molecular formula is C12H21BrClN3. The molecular weight excluding hydrogens is 302 g/mol. The van der Waals surface area contributed by atoms with Crippen molar-refractivity contribution in [2.24, 2.45) is 7.05 Å². The first-order valence-corrected chi connectivity index (χ1v) is 7.45. The van der Waals surface area contributed by atoms with Crippen LogP contribution in [-0.4, -0.2) is 32.6 Å². The van der Waals surface area contributed by atoms with Crippen LogP contribution >= 0.6 is 27.5 Å². The van der Waals surface area contributed by atoms with Crippen molar-refractivity contribution in [1.29, 1.82) is 0 Å². The lowest BCUT2D eigenvalue weighted by Crippen LogP contribution is -2.32. The Morgan fingerprint density at radius 3 is 2.53 bits per heavy atom. The largest absolute Gasteiger partial charge is 0.295 e. The molecule has 17 heavy (non-hydrogen) atoms. The van der Waals surface area contributed by atoms with Gasteiger partial charge >= 0.3 is 0 Å². The molecule has 0 aliphatic rings. The number of halogens is 2. The van der Waals surface area contributed by atoms with E-state index in [0.717, 1.165) is 41.3 Å². The summed E-state index contributed by atoms with van der Waals surface area (Å²) in [5, 5.41) is 6.19. The molecule has 0 saturated heterocycles. The van der Waals surface area contributed by atoms with E-state index in [1.54, 1.807) is 0 Å². The lowest BCUT2D eigenvalue weighted by atomic mass is 10.2. The highest BCUT2D eigenvalue weighted by Crippen LogP contribution is 2.21. The van der Waals surface area contributed by atoms with Crippen molar-refractivity contribution < 1.29 is 0 Å². The van der Waals surface area contributed by atoms with E-state index in [1.165, 1.54) is 0 Å². The van der Waals surface area contributed by atoms with Crippen LogP contribution in [0.1, 0.15) is 31.7 Å². The Labute approximate surface area is 117 Å². The minimum atomic E-state index is 0.514. The van der Waals surface area contributed by atoms with Gasteiger partial charge in [0.25, 0.3) is 0 Å². The van der Waals surface area contributed by atoms with Crippen molar-refractivity contribution in [2.75, 3.05) is 11.9 Å². The molecule has 0 saturated carbocycles. The third-order valence-electron chi connectivity index (χ3n) is 2.92. The van der Waals surface area contributed by atoms with Crippen LogP contribution in [0.3, 0.4) is 0 Å². The number of aromatic nitrogens is 2. The minimum absolute atomic E-state index is 0.514. The third kappa shape index (κ3) is 3.97. The molecule has 0 bridgehead atoms. The fourth-order valence-corrected chi connectivity index (χ4v) is 2.30. The van der Waals surface area contributed by atoms with E-state index in [2.05, 4.69) is 39.8 Å². The van der Waals surface area contributed by atoms with Crippen molar-refractivity contribution in [1.82, 2.24) is 14.7 Å². The van der Waals surface area contributed by atoms with E-state index in [0.29, 0.717) is 6.04 Å². The first-order valence-electron chi connectivity index (χ1n) is 5.95. The fourth-order valence-electron chi connectivity index (χ4n) is 1.83. The average molecular weight is 323 g/mol. The molecule has 0 fully saturated rings. The third-order valence-corrected chi connectivity index (χ3v) is 3.98. The molecule has 0 amide bonds. The number of rotatable bonds is 6. The van der Waals surface area contributed by atoms with E-state index >= 15 is 0 Å². The maximum Gasteiger partial charge on any atom is 0.0860 e. The zero-order valence-corrected chi connectivity index (χ0v) is 13.3. The Morgan fingerprint density at radius 1 is 1.47 bits per heavy atom. The van der Waals surface area contributed by atoms with Crippen molar-refractivity contribution in [3.63, 3.8) is 0 Å². The van der Waals surface area contributed by atoms with Crippen molar-refractivity contribution in [3.05, 3.63) is 16.4 Å². The highest BCUT2D eigenvalue weighted by molar-refractivity contribution is 9.09. The molecule has 3 nitrogen and oxygen atoms in total. The molecule has 0 spiro atoms.